The Balaban J connectivity index is 0.00000196. The second-order valence-electron chi connectivity index (χ2n) is 7.17. The first-order valence-electron chi connectivity index (χ1n) is 9.27. The maximum atomic E-state index is 12.6. The van der Waals surface area contributed by atoms with E-state index in [-0.39, 0.29) is 24.4 Å². The Morgan fingerprint density at radius 2 is 1.92 bits per heavy atom. The summed E-state index contributed by atoms with van der Waals surface area (Å²) in [5.74, 6) is 0.483. The molecule has 6 nitrogen and oxygen atoms in total. The van der Waals surface area contributed by atoms with Crippen LogP contribution in [0.15, 0.2) is 36.5 Å². The van der Waals surface area contributed by atoms with Gasteiger partial charge in [0.1, 0.15) is 0 Å². The average molecular weight is 376 g/mol. The minimum Gasteiger partial charge on any atom is -0.347 e. The van der Waals surface area contributed by atoms with Crippen LogP contribution in [0.1, 0.15) is 47.8 Å². The smallest absolute Gasteiger partial charge is 0.273 e. The van der Waals surface area contributed by atoms with Gasteiger partial charge in [0.05, 0.1) is 12.2 Å². The minimum absolute atomic E-state index is 0. The molecule has 1 aliphatic heterocycles. The molecule has 1 saturated heterocycles. The Morgan fingerprint density at radius 1 is 1.19 bits per heavy atom. The third kappa shape index (κ3) is 4.62. The number of nitrogens with zero attached hydrogens (tertiary/aromatic N) is 3. The van der Waals surface area contributed by atoms with E-state index in [0.29, 0.717) is 17.7 Å². The summed E-state index contributed by atoms with van der Waals surface area (Å²) >= 11 is 0. The largest absolute Gasteiger partial charge is 0.347 e. The van der Waals surface area contributed by atoms with Crippen LogP contribution in [0, 0.1) is 5.92 Å². The van der Waals surface area contributed by atoms with E-state index in [2.05, 4.69) is 33.1 Å². The lowest BCUT2D eigenvalue weighted by Crippen LogP contribution is -2.38. The average Bonchev–Trinajstić information content (AvgIpc) is 3.39. The summed E-state index contributed by atoms with van der Waals surface area (Å²) in [6.45, 7) is 1.99. The lowest BCUT2D eigenvalue weighted by Gasteiger charge is -2.22. The van der Waals surface area contributed by atoms with Crippen LogP contribution in [0.4, 0.5) is 0 Å². The molecule has 4 rings (SSSR count). The van der Waals surface area contributed by atoms with Crippen molar-refractivity contribution in [1.29, 1.82) is 0 Å². The van der Waals surface area contributed by atoms with Crippen molar-refractivity contribution in [3.63, 3.8) is 0 Å². The quantitative estimate of drug-likeness (QED) is 0.813. The third-order valence-corrected chi connectivity index (χ3v) is 5.23. The first-order chi connectivity index (χ1) is 12.3. The van der Waals surface area contributed by atoms with Gasteiger partial charge in [0, 0.05) is 6.04 Å². The summed E-state index contributed by atoms with van der Waals surface area (Å²) in [5.41, 5.74) is 1.69. The molecule has 2 aromatic rings. The number of hydrogen-bond acceptors (Lipinski definition) is 4. The normalized spacial score (nSPS) is 18.8. The van der Waals surface area contributed by atoms with Crippen molar-refractivity contribution in [1.82, 2.24) is 25.6 Å². The summed E-state index contributed by atoms with van der Waals surface area (Å²) in [6.07, 6.45) is 7.13. The van der Waals surface area contributed by atoms with Gasteiger partial charge in [-0.15, -0.1) is 17.5 Å². The van der Waals surface area contributed by atoms with E-state index >= 15 is 0 Å². The molecule has 2 fully saturated rings. The van der Waals surface area contributed by atoms with Crippen molar-refractivity contribution in [2.45, 2.75) is 44.2 Å². The first-order valence-corrected chi connectivity index (χ1v) is 9.27. The SMILES string of the molecule is Cl.O=C(NC(Cc1ccccc1)C1CC1)c1cn(C2CCNCC2)nn1. The number of carbonyl (C=O) groups excluding carboxylic acids is 1. The van der Waals surface area contributed by atoms with E-state index in [0.717, 1.165) is 32.4 Å². The summed E-state index contributed by atoms with van der Waals surface area (Å²) in [4.78, 5) is 12.6. The minimum atomic E-state index is -0.104. The number of carbonyl (C=O) groups is 1. The molecular formula is C19H26ClN5O. The highest BCUT2D eigenvalue weighted by atomic mass is 35.5. The molecule has 0 radical (unpaired) electrons. The Kier molecular flexibility index (Phi) is 6.27. The molecule has 2 aliphatic rings. The second kappa shape index (κ2) is 8.64. The van der Waals surface area contributed by atoms with Crippen LogP contribution in [-0.4, -0.2) is 40.0 Å². The molecule has 0 spiro atoms. The van der Waals surface area contributed by atoms with Crippen LogP contribution in [-0.2, 0) is 6.42 Å². The monoisotopic (exact) mass is 375 g/mol. The van der Waals surface area contributed by atoms with E-state index in [9.17, 15) is 4.79 Å². The molecule has 1 unspecified atom stereocenters. The topological polar surface area (TPSA) is 71.8 Å². The highest BCUT2D eigenvalue weighted by molar-refractivity contribution is 5.92. The molecule has 140 valence electrons. The number of aromatic nitrogens is 3. The highest BCUT2D eigenvalue weighted by Gasteiger charge is 2.33. The van der Waals surface area contributed by atoms with Crippen LogP contribution in [0.2, 0.25) is 0 Å². The van der Waals surface area contributed by atoms with Gasteiger partial charge >= 0.3 is 0 Å². The number of amides is 1. The van der Waals surface area contributed by atoms with Gasteiger partial charge in [-0.25, -0.2) is 4.68 Å². The van der Waals surface area contributed by atoms with E-state index < -0.39 is 0 Å². The first kappa shape index (κ1) is 18.9. The number of hydrogen-bond donors (Lipinski definition) is 2. The van der Waals surface area contributed by atoms with E-state index in [4.69, 9.17) is 0 Å². The van der Waals surface area contributed by atoms with Crippen molar-refractivity contribution in [2.24, 2.45) is 5.92 Å². The molecule has 2 N–H and O–H groups in total. The summed E-state index contributed by atoms with van der Waals surface area (Å²) < 4.78 is 1.86. The van der Waals surface area contributed by atoms with Gasteiger partial charge in [-0.3, -0.25) is 4.79 Å². The second-order valence-corrected chi connectivity index (χ2v) is 7.17. The van der Waals surface area contributed by atoms with Crippen molar-refractivity contribution in [3.05, 3.63) is 47.8 Å². The summed E-state index contributed by atoms with van der Waals surface area (Å²) in [7, 11) is 0. The van der Waals surface area contributed by atoms with Crippen LogP contribution in [0.25, 0.3) is 0 Å². The zero-order valence-corrected chi connectivity index (χ0v) is 15.6. The Morgan fingerprint density at radius 3 is 2.62 bits per heavy atom. The van der Waals surface area contributed by atoms with Gasteiger partial charge in [-0.2, -0.15) is 0 Å². The predicted octanol–water partition coefficient (Wildman–Crippen LogP) is 2.38. The van der Waals surface area contributed by atoms with Crippen LogP contribution >= 0.6 is 12.4 Å². The summed E-state index contributed by atoms with van der Waals surface area (Å²) in [5, 5.41) is 14.8. The molecule has 1 amide bonds. The number of benzene rings is 1. The van der Waals surface area contributed by atoms with Crippen molar-refractivity contribution in [2.75, 3.05) is 13.1 Å². The molecule has 0 bridgehead atoms. The Hall–Kier alpha value is -1.92. The number of halogens is 1. The molecular weight excluding hydrogens is 350 g/mol. The Labute approximate surface area is 160 Å². The molecule has 1 aromatic carbocycles. The molecule has 1 saturated carbocycles. The standard InChI is InChI=1S/C19H25N5O.ClH/c25-19(18-13-24(23-22-18)16-8-10-20-11-9-16)21-17(15-6-7-15)12-14-4-2-1-3-5-14;/h1-5,13,15-17,20H,6-12H2,(H,21,25);1H. The molecule has 26 heavy (non-hydrogen) atoms. The Bertz CT molecular complexity index is 710. The molecule has 1 aromatic heterocycles. The van der Waals surface area contributed by atoms with Gasteiger partial charge < -0.3 is 10.6 Å². The lowest BCUT2D eigenvalue weighted by atomic mass is 10.0. The zero-order valence-electron chi connectivity index (χ0n) is 14.8. The molecule has 2 heterocycles. The number of piperidine rings is 1. The fraction of sp³-hybridized carbons (Fsp3) is 0.526. The van der Waals surface area contributed by atoms with Crippen LogP contribution < -0.4 is 10.6 Å². The predicted molar refractivity (Wildman–Crippen MR) is 103 cm³/mol. The van der Waals surface area contributed by atoms with E-state index in [1.807, 2.05) is 22.9 Å². The number of rotatable bonds is 6. The van der Waals surface area contributed by atoms with Gasteiger partial charge in [0.15, 0.2) is 5.69 Å². The van der Waals surface area contributed by atoms with Crippen molar-refractivity contribution in [3.8, 4) is 0 Å². The van der Waals surface area contributed by atoms with E-state index in [1.165, 1.54) is 18.4 Å². The number of nitrogens with one attached hydrogen (secondary N) is 2. The van der Waals surface area contributed by atoms with Gasteiger partial charge in [0.2, 0.25) is 0 Å². The maximum absolute atomic E-state index is 12.6. The van der Waals surface area contributed by atoms with Gasteiger partial charge in [-0.1, -0.05) is 35.5 Å². The third-order valence-electron chi connectivity index (χ3n) is 5.23. The highest BCUT2D eigenvalue weighted by Crippen LogP contribution is 2.34. The van der Waals surface area contributed by atoms with E-state index in [1.54, 1.807) is 6.20 Å². The fourth-order valence-corrected chi connectivity index (χ4v) is 3.57. The van der Waals surface area contributed by atoms with Gasteiger partial charge in [-0.05, 0) is 56.7 Å². The maximum Gasteiger partial charge on any atom is 0.273 e. The molecule has 1 atom stereocenters. The van der Waals surface area contributed by atoms with Gasteiger partial charge in [0.25, 0.3) is 5.91 Å². The van der Waals surface area contributed by atoms with Crippen molar-refractivity contribution < 1.29 is 4.79 Å². The summed E-state index contributed by atoms with van der Waals surface area (Å²) in [6, 6.07) is 10.9. The van der Waals surface area contributed by atoms with Crippen LogP contribution in [0.5, 0.6) is 0 Å². The molecule has 1 aliphatic carbocycles. The van der Waals surface area contributed by atoms with Crippen molar-refractivity contribution >= 4 is 18.3 Å². The fourth-order valence-electron chi connectivity index (χ4n) is 3.57. The zero-order chi connectivity index (χ0) is 17.1. The molecule has 7 heteroatoms. The lowest BCUT2D eigenvalue weighted by molar-refractivity contribution is 0.0926. The van der Waals surface area contributed by atoms with Crippen LogP contribution in [0.3, 0.4) is 0 Å².